The molecule has 9 heteroatoms. The zero-order chi connectivity index (χ0) is 19.9. The number of benzene rings is 1. The second-order valence-corrected chi connectivity index (χ2v) is 6.47. The molecule has 0 saturated carbocycles. The van der Waals surface area contributed by atoms with Gasteiger partial charge in [-0.05, 0) is 30.7 Å². The van der Waals surface area contributed by atoms with Gasteiger partial charge in [0.25, 0.3) is 0 Å². The molecule has 0 saturated heterocycles. The Morgan fingerprint density at radius 2 is 1.79 bits per heavy atom. The zero-order valence-corrected chi connectivity index (χ0v) is 16.9. The monoisotopic (exact) mass is 402 g/mol. The Labute approximate surface area is 168 Å². The van der Waals surface area contributed by atoms with Gasteiger partial charge >= 0.3 is 0 Å². The van der Waals surface area contributed by atoms with Crippen molar-refractivity contribution in [3.05, 3.63) is 52.2 Å². The van der Waals surface area contributed by atoms with Gasteiger partial charge in [0.05, 0.1) is 12.2 Å². The number of guanidine groups is 1. The Morgan fingerprint density at radius 1 is 1.04 bits per heavy atom. The normalized spacial score (nSPS) is 11.6. The summed E-state index contributed by atoms with van der Waals surface area (Å²) in [7, 11) is 1.71. The summed E-state index contributed by atoms with van der Waals surface area (Å²) in [6, 6.07) is 7.27. The number of aryl methyl sites for hydroxylation is 2. The predicted octanol–water partition coefficient (Wildman–Crippen LogP) is 3.37. The van der Waals surface area contributed by atoms with Gasteiger partial charge in [-0.3, -0.25) is 4.99 Å². The van der Waals surface area contributed by atoms with Crippen LogP contribution in [0.4, 0.5) is 0 Å². The Bertz CT molecular complexity index is 911. The van der Waals surface area contributed by atoms with Crippen LogP contribution in [-0.2, 0) is 25.9 Å². The molecule has 0 bridgehead atoms. The van der Waals surface area contributed by atoms with Crippen molar-refractivity contribution in [3.8, 4) is 11.4 Å². The molecule has 28 heavy (non-hydrogen) atoms. The van der Waals surface area contributed by atoms with Gasteiger partial charge in [-0.1, -0.05) is 35.8 Å². The molecule has 0 aliphatic heterocycles. The van der Waals surface area contributed by atoms with Crippen LogP contribution in [0.15, 0.2) is 38.3 Å². The minimum Gasteiger partial charge on any atom is -0.361 e. The number of halogens is 1. The highest BCUT2D eigenvalue weighted by molar-refractivity contribution is 6.30. The first-order valence-electron chi connectivity index (χ1n) is 9.13. The quantitative estimate of drug-likeness (QED) is 0.461. The molecule has 2 heterocycles. The number of hydrogen-bond donors (Lipinski definition) is 2. The standard InChI is InChI=1S/C19H23ClN6O2/c1-4-15-14(16(5-2)27-25-15)10-22-19(21-3)23-11-17-24-18(26-28-17)12-6-8-13(20)9-7-12/h6-9H,4-5,10-11H2,1-3H3,(H2,21,22,23). The molecule has 0 atom stereocenters. The second-order valence-electron chi connectivity index (χ2n) is 6.04. The average Bonchev–Trinajstić information content (AvgIpc) is 3.35. The molecule has 8 nitrogen and oxygen atoms in total. The highest BCUT2D eigenvalue weighted by Crippen LogP contribution is 2.18. The van der Waals surface area contributed by atoms with E-state index in [4.69, 9.17) is 20.6 Å². The summed E-state index contributed by atoms with van der Waals surface area (Å²) in [5, 5.41) is 15.2. The number of nitrogens with one attached hydrogen (secondary N) is 2. The Balaban J connectivity index is 1.58. The molecule has 0 fully saturated rings. The number of aliphatic imine (C=N–C) groups is 1. The maximum absolute atomic E-state index is 5.91. The van der Waals surface area contributed by atoms with E-state index in [9.17, 15) is 0 Å². The number of aromatic nitrogens is 3. The van der Waals surface area contributed by atoms with Gasteiger partial charge < -0.3 is 19.7 Å². The van der Waals surface area contributed by atoms with E-state index in [2.05, 4.69) is 37.8 Å². The van der Waals surface area contributed by atoms with E-state index in [1.165, 1.54) is 0 Å². The van der Waals surface area contributed by atoms with E-state index >= 15 is 0 Å². The summed E-state index contributed by atoms with van der Waals surface area (Å²) in [6.07, 6.45) is 1.62. The lowest BCUT2D eigenvalue weighted by atomic mass is 10.1. The van der Waals surface area contributed by atoms with E-state index in [0.29, 0.717) is 35.8 Å². The molecule has 148 valence electrons. The van der Waals surface area contributed by atoms with Crippen molar-refractivity contribution in [3.63, 3.8) is 0 Å². The maximum Gasteiger partial charge on any atom is 0.246 e. The molecule has 2 N–H and O–H groups in total. The zero-order valence-electron chi connectivity index (χ0n) is 16.1. The maximum atomic E-state index is 5.91. The van der Waals surface area contributed by atoms with Crippen LogP contribution in [0.1, 0.15) is 36.8 Å². The first-order valence-corrected chi connectivity index (χ1v) is 9.51. The minimum atomic E-state index is 0.352. The molecule has 0 aliphatic rings. The molecule has 2 aromatic heterocycles. The van der Waals surface area contributed by atoms with Gasteiger partial charge in [-0.15, -0.1) is 0 Å². The third-order valence-electron chi connectivity index (χ3n) is 4.24. The summed E-state index contributed by atoms with van der Waals surface area (Å²) in [5.41, 5.74) is 2.88. The van der Waals surface area contributed by atoms with Crippen molar-refractivity contribution >= 4 is 17.6 Å². The molecule has 0 amide bonds. The van der Waals surface area contributed by atoms with Gasteiger partial charge in [0.2, 0.25) is 11.7 Å². The van der Waals surface area contributed by atoms with Gasteiger partial charge in [0, 0.05) is 36.2 Å². The molecule has 3 aromatic rings. The molecular formula is C19H23ClN6O2. The lowest BCUT2D eigenvalue weighted by Crippen LogP contribution is -2.36. The van der Waals surface area contributed by atoms with E-state index < -0.39 is 0 Å². The molecule has 0 radical (unpaired) electrons. The van der Waals surface area contributed by atoms with E-state index in [-0.39, 0.29) is 0 Å². The Kier molecular flexibility index (Phi) is 6.65. The first-order chi connectivity index (χ1) is 13.6. The van der Waals surface area contributed by atoms with Crippen LogP contribution >= 0.6 is 11.6 Å². The summed E-state index contributed by atoms with van der Waals surface area (Å²) in [6.45, 7) is 5.03. The number of rotatable bonds is 7. The SMILES string of the molecule is CCc1noc(CC)c1CNC(=NC)NCc1nc(-c2ccc(Cl)cc2)no1. The van der Waals surface area contributed by atoms with Gasteiger partial charge in [-0.25, -0.2) is 0 Å². The second kappa shape index (κ2) is 9.36. The molecule has 0 aliphatic carbocycles. The van der Waals surface area contributed by atoms with Crippen LogP contribution < -0.4 is 10.6 Å². The summed E-state index contributed by atoms with van der Waals surface area (Å²) >= 11 is 5.91. The highest BCUT2D eigenvalue weighted by Gasteiger charge is 2.14. The smallest absolute Gasteiger partial charge is 0.246 e. The number of nitrogens with zero attached hydrogens (tertiary/aromatic N) is 4. The summed E-state index contributed by atoms with van der Waals surface area (Å²) in [4.78, 5) is 8.62. The van der Waals surface area contributed by atoms with E-state index in [1.807, 2.05) is 19.1 Å². The third kappa shape index (κ3) is 4.69. The van der Waals surface area contributed by atoms with Crippen molar-refractivity contribution < 1.29 is 9.05 Å². The van der Waals surface area contributed by atoms with Gasteiger partial charge in [-0.2, -0.15) is 4.98 Å². The van der Waals surface area contributed by atoms with Crippen molar-refractivity contribution in [2.24, 2.45) is 4.99 Å². The van der Waals surface area contributed by atoms with Crippen molar-refractivity contribution in [1.82, 2.24) is 25.9 Å². The van der Waals surface area contributed by atoms with Crippen LogP contribution in [-0.4, -0.2) is 28.3 Å². The molecular weight excluding hydrogens is 380 g/mol. The largest absolute Gasteiger partial charge is 0.361 e. The molecule has 0 unspecified atom stereocenters. The highest BCUT2D eigenvalue weighted by atomic mass is 35.5. The third-order valence-corrected chi connectivity index (χ3v) is 4.49. The van der Waals surface area contributed by atoms with Gasteiger partial charge in [0.1, 0.15) is 5.76 Å². The molecule has 3 rings (SSSR count). The summed E-state index contributed by atoms with van der Waals surface area (Å²) < 4.78 is 10.7. The van der Waals surface area contributed by atoms with Crippen molar-refractivity contribution in [2.75, 3.05) is 7.05 Å². The van der Waals surface area contributed by atoms with Crippen molar-refractivity contribution in [2.45, 2.75) is 39.8 Å². The lowest BCUT2D eigenvalue weighted by Gasteiger charge is -2.10. The molecule has 0 spiro atoms. The fourth-order valence-electron chi connectivity index (χ4n) is 2.73. The average molecular weight is 403 g/mol. The Hall–Kier alpha value is -2.87. The summed E-state index contributed by atoms with van der Waals surface area (Å²) in [5.74, 6) is 2.49. The fraction of sp³-hybridized carbons (Fsp3) is 0.368. The topological polar surface area (TPSA) is 101 Å². The van der Waals surface area contributed by atoms with Crippen LogP contribution in [0.3, 0.4) is 0 Å². The Morgan fingerprint density at radius 3 is 2.46 bits per heavy atom. The van der Waals surface area contributed by atoms with E-state index in [0.717, 1.165) is 35.4 Å². The van der Waals surface area contributed by atoms with Gasteiger partial charge in [0.15, 0.2) is 5.96 Å². The number of hydrogen-bond acceptors (Lipinski definition) is 6. The van der Waals surface area contributed by atoms with E-state index in [1.54, 1.807) is 19.2 Å². The minimum absolute atomic E-state index is 0.352. The van der Waals surface area contributed by atoms with Crippen LogP contribution in [0, 0.1) is 0 Å². The van der Waals surface area contributed by atoms with Crippen LogP contribution in [0.5, 0.6) is 0 Å². The predicted molar refractivity (Wildman–Crippen MR) is 107 cm³/mol. The van der Waals surface area contributed by atoms with Crippen molar-refractivity contribution in [1.29, 1.82) is 0 Å². The first kappa shape index (κ1) is 19.9. The van der Waals surface area contributed by atoms with Crippen LogP contribution in [0.2, 0.25) is 5.02 Å². The lowest BCUT2D eigenvalue weighted by molar-refractivity contribution is 0.375. The molecule has 1 aromatic carbocycles. The van der Waals surface area contributed by atoms with Crippen LogP contribution in [0.25, 0.3) is 11.4 Å². The fourth-order valence-corrected chi connectivity index (χ4v) is 2.86.